The van der Waals surface area contributed by atoms with Crippen LogP contribution in [0, 0.1) is 0 Å². The predicted molar refractivity (Wildman–Crippen MR) is 68.7 cm³/mol. The molecule has 1 fully saturated rings. The molecule has 0 spiro atoms. The average Bonchev–Trinajstić information content (AvgIpc) is 2.79. The summed E-state index contributed by atoms with van der Waals surface area (Å²) < 4.78 is 0. The fraction of sp³-hybridized carbons (Fsp3) is 0.750. The van der Waals surface area contributed by atoms with Gasteiger partial charge < -0.3 is 10.2 Å². The first-order chi connectivity index (χ1) is 7.75. The molecule has 1 aliphatic carbocycles. The van der Waals surface area contributed by atoms with E-state index in [0.717, 1.165) is 12.6 Å². The summed E-state index contributed by atoms with van der Waals surface area (Å²) in [5, 5.41) is 3.65. The largest absolute Gasteiger partial charge is 0.309 e. The van der Waals surface area contributed by atoms with Gasteiger partial charge in [0.2, 0.25) is 0 Å². The van der Waals surface area contributed by atoms with E-state index in [0.29, 0.717) is 6.04 Å². The topological polar surface area (TPSA) is 28.2 Å². The monoisotopic (exact) mass is 239 g/mol. The Kier molecular flexibility index (Phi) is 4.32. The van der Waals surface area contributed by atoms with Crippen LogP contribution in [-0.4, -0.2) is 36.1 Å². The summed E-state index contributed by atoms with van der Waals surface area (Å²) in [5.74, 6) is 0. The van der Waals surface area contributed by atoms with E-state index in [9.17, 15) is 0 Å². The second kappa shape index (κ2) is 5.75. The quantitative estimate of drug-likeness (QED) is 0.872. The molecule has 0 aliphatic heterocycles. The number of hydrogen-bond acceptors (Lipinski definition) is 4. The molecule has 0 amide bonds. The fourth-order valence-electron chi connectivity index (χ4n) is 2.39. The van der Waals surface area contributed by atoms with Gasteiger partial charge in [-0.2, -0.15) is 0 Å². The van der Waals surface area contributed by atoms with Gasteiger partial charge in [0.15, 0.2) is 0 Å². The Morgan fingerprint density at radius 1 is 1.50 bits per heavy atom. The molecule has 1 saturated carbocycles. The Hall–Kier alpha value is -0.450. The molecule has 0 bridgehead atoms. The average molecular weight is 239 g/mol. The van der Waals surface area contributed by atoms with Crippen molar-refractivity contribution >= 4 is 11.3 Å². The number of rotatable bonds is 4. The van der Waals surface area contributed by atoms with Crippen molar-refractivity contribution in [2.75, 3.05) is 14.1 Å². The molecule has 0 saturated heterocycles. The van der Waals surface area contributed by atoms with E-state index in [4.69, 9.17) is 0 Å². The molecule has 4 heteroatoms. The minimum atomic E-state index is 0.684. The summed E-state index contributed by atoms with van der Waals surface area (Å²) in [6, 6.07) is 1.44. The van der Waals surface area contributed by atoms with Crippen LogP contribution in [0.4, 0.5) is 0 Å². The van der Waals surface area contributed by atoms with Gasteiger partial charge in [-0.3, -0.25) is 4.98 Å². The first kappa shape index (κ1) is 12.0. The highest BCUT2D eigenvalue weighted by molar-refractivity contribution is 7.09. The van der Waals surface area contributed by atoms with E-state index < -0.39 is 0 Å². The molecular weight excluding hydrogens is 218 g/mol. The summed E-state index contributed by atoms with van der Waals surface area (Å²) in [5.41, 5.74) is 1.90. The highest BCUT2D eigenvalue weighted by Crippen LogP contribution is 2.22. The van der Waals surface area contributed by atoms with E-state index in [1.54, 1.807) is 11.3 Å². The van der Waals surface area contributed by atoms with Crippen LogP contribution >= 0.6 is 11.3 Å². The van der Waals surface area contributed by atoms with E-state index in [2.05, 4.69) is 29.3 Å². The van der Waals surface area contributed by atoms with Crippen molar-refractivity contribution in [2.24, 2.45) is 0 Å². The fourth-order valence-corrected chi connectivity index (χ4v) is 2.94. The smallest absolute Gasteiger partial charge is 0.0794 e. The molecule has 1 aromatic heterocycles. The number of hydrogen-bond donors (Lipinski definition) is 1. The Labute approximate surface area is 102 Å². The van der Waals surface area contributed by atoms with Gasteiger partial charge in [0, 0.05) is 29.7 Å². The number of nitrogens with one attached hydrogen (secondary N) is 1. The second-order valence-electron chi connectivity index (χ2n) is 4.83. The molecule has 1 aliphatic rings. The lowest BCUT2D eigenvalue weighted by Crippen LogP contribution is -2.41. The summed E-state index contributed by atoms with van der Waals surface area (Å²) >= 11 is 1.73. The van der Waals surface area contributed by atoms with Crippen molar-refractivity contribution in [1.29, 1.82) is 0 Å². The molecule has 2 rings (SSSR count). The van der Waals surface area contributed by atoms with Gasteiger partial charge in [-0.15, -0.1) is 11.3 Å². The van der Waals surface area contributed by atoms with Crippen LogP contribution in [0.5, 0.6) is 0 Å². The Bertz CT molecular complexity index is 297. The Balaban J connectivity index is 1.77. The zero-order chi connectivity index (χ0) is 11.4. The highest BCUT2D eigenvalue weighted by atomic mass is 32.1. The molecule has 1 heterocycles. The van der Waals surface area contributed by atoms with Crippen LogP contribution in [0.2, 0.25) is 0 Å². The lowest BCUT2D eigenvalue weighted by atomic mass is 9.90. The lowest BCUT2D eigenvalue weighted by molar-refractivity contribution is 0.198. The van der Waals surface area contributed by atoms with Crippen LogP contribution in [0.1, 0.15) is 30.6 Å². The zero-order valence-corrected chi connectivity index (χ0v) is 11.0. The van der Waals surface area contributed by atoms with Gasteiger partial charge in [0.05, 0.1) is 5.51 Å². The third-order valence-electron chi connectivity index (χ3n) is 3.43. The van der Waals surface area contributed by atoms with Crippen molar-refractivity contribution in [3.63, 3.8) is 0 Å². The molecule has 3 nitrogen and oxygen atoms in total. The number of nitrogens with zero attached hydrogens (tertiary/aromatic N) is 2. The van der Waals surface area contributed by atoms with Crippen molar-refractivity contribution in [1.82, 2.24) is 15.2 Å². The Morgan fingerprint density at radius 2 is 2.38 bits per heavy atom. The van der Waals surface area contributed by atoms with Gasteiger partial charge in [-0.1, -0.05) is 6.42 Å². The minimum Gasteiger partial charge on any atom is -0.309 e. The van der Waals surface area contributed by atoms with Gasteiger partial charge >= 0.3 is 0 Å². The molecule has 90 valence electrons. The van der Waals surface area contributed by atoms with Crippen molar-refractivity contribution < 1.29 is 0 Å². The maximum Gasteiger partial charge on any atom is 0.0794 e. The zero-order valence-electron chi connectivity index (χ0n) is 10.1. The maximum atomic E-state index is 4.10. The van der Waals surface area contributed by atoms with Crippen LogP contribution in [0.25, 0.3) is 0 Å². The summed E-state index contributed by atoms with van der Waals surface area (Å²) in [4.78, 5) is 7.80. The second-order valence-corrected chi connectivity index (χ2v) is 5.80. The predicted octanol–water partition coefficient (Wildman–Crippen LogP) is 2.11. The van der Waals surface area contributed by atoms with E-state index in [1.165, 1.54) is 30.6 Å². The SMILES string of the molecule is CN(C)C1CCCC(NCc2cncs2)C1. The third-order valence-corrected chi connectivity index (χ3v) is 4.20. The molecule has 1 aromatic rings. The van der Waals surface area contributed by atoms with Crippen molar-refractivity contribution in [3.05, 3.63) is 16.6 Å². The Morgan fingerprint density at radius 3 is 3.06 bits per heavy atom. The third kappa shape index (κ3) is 3.27. The van der Waals surface area contributed by atoms with E-state index >= 15 is 0 Å². The lowest BCUT2D eigenvalue weighted by Gasteiger charge is -2.33. The van der Waals surface area contributed by atoms with Crippen LogP contribution in [-0.2, 0) is 6.54 Å². The van der Waals surface area contributed by atoms with Crippen molar-refractivity contribution in [3.8, 4) is 0 Å². The normalized spacial score (nSPS) is 26.2. The van der Waals surface area contributed by atoms with Gasteiger partial charge in [-0.25, -0.2) is 0 Å². The standard InChI is InChI=1S/C12H21N3S/c1-15(2)11-5-3-4-10(6-11)14-8-12-7-13-9-16-12/h7,9-11,14H,3-6,8H2,1-2H3. The number of aromatic nitrogens is 1. The van der Waals surface area contributed by atoms with Crippen LogP contribution in [0.3, 0.4) is 0 Å². The summed E-state index contributed by atoms with van der Waals surface area (Å²) in [6.45, 7) is 0.982. The van der Waals surface area contributed by atoms with Gasteiger partial charge in [0.1, 0.15) is 0 Å². The van der Waals surface area contributed by atoms with Crippen LogP contribution < -0.4 is 5.32 Å². The van der Waals surface area contributed by atoms with Crippen molar-refractivity contribution in [2.45, 2.75) is 44.3 Å². The molecule has 2 unspecified atom stereocenters. The van der Waals surface area contributed by atoms with Crippen LogP contribution in [0.15, 0.2) is 11.7 Å². The summed E-state index contributed by atoms with van der Waals surface area (Å²) in [7, 11) is 4.38. The summed E-state index contributed by atoms with van der Waals surface area (Å²) in [6.07, 6.45) is 7.27. The maximum absolute atomic E-state index is 4.10. The number of thiazole rings is 1. The highest BCUT2D eigenvalue weighted by Gasteiger charge is 2.22. The molecule has 1 N–H and O–H groups in total. The van der Waals surface area contributed by atoms with E-state index in [-0.39, 0.29) is 0 Å². The van der Waals surface area contributed by atoms with Gasteiger partial charge in [0.25, 0.3) is 0 Å². The molecule has 16 heavy (non-hydrogen) atoms. The first-order valence-electron chi connectivity index (χ1n) is 6.03. The molecule has 2 atom stereocenters. The molecule has 0 radical (unpaired) electrons. The van der Waals surface area contributed by atoms with Gasteiger partial charge in [-0.05, 0) is 33.4 Å². The van der Waals surface area contributed by atoms with E-state index in [1.807, 2.05) is 11.7 Å². The molecule has 0 aromatic carbocycles. The first-order valence-corrected chi connectivity index (χ1v) is 6.91. The molecular formula is C12H21N3S. The minimum absolute atomic E-state index is 0.684.